The van der Waals surface area contributed by atoms with Crippen molar-refractivity contribution in [2.75, 3.05) is 31.1 Å². The molecule has 0 amide bonds. The van der Waals surface area contributed by atoms with Gasteiger partial charge in [0.05, 0.1) is 11.2 Å². The first-order valence-corrected chi connectivity index (χ1v) is 12.7. The number of fused-ring (bicyclic) bond motifs is 1. The van der Waals surface area contributed by atoms with Crippen LogP contribution in [0.2, 0.25) is 0 Å². The Balaban J connectivity index is 1.32. The van der Waals surface area contributed by atoms with E-state index in [1.807, 2.05) is 11.0 Å². The molecule has 1 N–H and O–H groups in total. The molecule has 35 heavy (non-hydrogen) atoms. The highest BCUT2D eigenvalue weighted by molar-refractivity contribution is 8.22. The normalized spacial score (nSPS) is 16.1. The molecule has 2 aliphatic rings. The average Bonchev–Trinajstić information content (AvgIpc) is 3.68. The molecular formula is C25H23F2N3O3S2. The third-order valence-electron chi connectivity index (χ3n) is 6.40. The number of piperazine rings is 1. The molecule has 3 aromatic rings. The average molecular weight is 516 g/mol. The summed E-state index contributed by atoms with van der Waals surface area (Å²) in [6.07, 6.45) is 3.18. The van der Waals surface area contributed by atoms with Crippen LogP contribution in [0.15, 0.2) is 47.4 Å². The van der Waals surface area contributed by atoms with Crippen molar-refractivity contribution in [2.24, 2.45) is 0 Å². The van der Waals surface area contributed by atoms with Gasteiger partial charge < -0.3 is 19.5 Å². The number of halogens is 2. The Kier molecular flexibility index (Phi) is 6.50. The summed E-state index contributed by atoms with van der Waals surface area (Å²) >= 11 is 7.04. The number of carboxylic acids is 1. The van der Waals surface area contributed by atoms with Gasteiger partial charge in [-0.1, -0.05) is 36.1 Å². The highest BCUT2D eigenvalue weighted by Crippen LogP contribution is 2.38. The van der Waals surface area contributed by atoms with Crippen LogP contribution < -0.4 is 10.3 Å². The maximum absolute atomic E-state index is 15.2. The summed E-state index contributed by atoms with van der Waals surface area (Å²) in [5, 5.41) is 9.50. The maximum Gasteiger partial charge on any atom is 0.341 e. The molecule has 1 aliphatic heterocycles. The van der Waals surface area contributed by atoms with Gasteiger partial charge in [-0.25, -0.2) is 13.6 Å². The zero-order chi connectivity index (χ0) is 24.7. The molecule has 2 aromatic carbocycles. The van der Waals surface area contributed by atoms with E-state index in [1.54, 1.807) is 16.7 Å². The monoisotopic (exact) mass is 515 g/mol. The Labute approximate surface area is 210 Å². The van der Waals surface area contributed by atoms with Gasteiger partial charge in [0.25, 0.3) is 0 Å². The second kappa shape index (κ2) is 9.58. The smallest absolute Gasteiger partial charge is 0.341 e. The number of hydrogen-bond acceptors (Lipinski definition) is 5. The van der Waals surface area contributed by atoms with Crippen molar-refractivity contribution in [1.82, 2.24) is 9.47 Å². The number of nitrogens with zero attached hydrogens (tertiary/aromatic N) is 3. The van der Waals surface area contributed by atoms with E-state index in [0.29, 0.717) is 43.1 Å². The Morgan fingerprint density at radius 1 is 1.11 bits per heavy atom. The molecule has 6 nitrogen and oxygen atoms in total. The van der Waals surface area contributed by atoms with Crippen LogP contribution in [0.3, 0.4) is 0 Å². The zero-order valence-electron chi connectivity index (χ0n) is 18.7. The van der Waals surface area contributed by atoms with Crippen molar-refractivity contribution >= 4 is 50.9 Å². The van der Waals surface area contributed by atoms with Crippen LogP contribution in [0, 0.1) is 11.6 Å². The lowest BCUT2D eigenvalue weighted by Gasteiger charge is -2.37. The number of anilines is 1. The molecular weight excluding hydrogens is 492 g/mol. The molecule has 182 valence electrons. The van der Waals surface area contributed by atoms with Crippen molar-refractivity contribution in [3.63, 3.8) is 0 Å². The second-order valence-corrected chi connectivity index (χ2v) is 10.4. The van der Waals surface area contributed by atoms with Gasteiger partial charge in [0.1, 0.15) is 21.5 Å². The summed E-state index contributed by atoms with van der Waals surface area (Å²) < 4.78 is 31.1. The van der Waals surface area contributed by atoms with E-state index in [0.717, 1.165) is 22.7 Å². The number of thiocarbonyl (C=S) groups is 1. The Morgan fingerprint density at radius 3 is 2.51 bits per heavy atom. The second-order valence-electron chi connectivity index (χ2n) is 8.79. The highest BCUT2D eigenvalue weighted by Gasteiger charge is 2.28. The lowest BCUT2D eigenvalue weighted by Crippen LogP contribution is -2.48. The standard InChI is InChI=1S/C25H23F2N3O3S2/c26-16-3-1-2-15(10-16)14-35-25(34)29-8-6-28(7-9-29)22-12-21-18(11-20(22)27)23(31)19(24(32)33)13-30(21)17-4-5-17/h1-3,10-13,17H,4-9,14H2,(H,32,33). The number of pyridine rings is 1. The van der Waals surface area contributed by atoms with Crippen molar-refractivity contribution in [3.05, 3.63) is 75.6 Å². The van der Waals surface area contributed by atoms with Gasteiger partial charge in [-0.3, -0.25) is 4.79 Å². The predicted molar refractivity (Wildman–Crippen MR) is 137 cm³/mol. The fourth-order valence-electron chi connectivity index (χ4n) is 4.40. The number of aromatic nitrogens is 1. The van der Waals surface area contributed by atoms with Crippen LogP contribution in [0.4, 0.5) is 14.5 Å². The van der Waals surface area contributed by atoms with Crippen LogP contribution in [0.25, 0.3) is 10.9 Å². The minimum atomic E-state index is -1.31. The number of rotatable bonds is 5. The largest absolute Gasteiger partial charge is 0.477 e. The van der Waals surface area contributed by atoms with Gasteiger partial charge in [0.2, 0.25) is 5.43 Å². The van der Waals surface area contributed by atoms with Crippen LogP contribution in [-0.2, 0) is 5.75 Å². The molecule has 2 heterocycles. The molecule has 1 saturated heterocycles. The first kappa shape index (κ1) is 23.7. The molecule has 0 spiro atoms. The molecule has 5 rings (SSSR count). The lowest BCUT2D eigenvalue weighted by molar-refractivity contribution is 0.0695. The summed E-state index contributed by atoms with van der Waals surface area (Å²) in [4.78, 5) is 28.2. The predicted octanol–water partition coefficient (Wildman–Crippen LogP) is 4.65. The van der Waals surface area contributed by atoms with Crippen molar-refractivity contribution < 1.29 is 18.7 Å². The number of carbonyl (C=O) groups is 1. The number of carboxylic acid groups (broad SMARTS) is 1. The molecule has 1 aliphatic carbocycles. The number of benzene rings is 2. The van der Waals surface area contributed by atoms with E-state index in [2.05, 4.69) is 4.90 Å². The van der Waals surface area contributed by atoms with Crippen molar-refractivity contribution in [1.29, 1.82) is 0 Å². The van der Waals surface area contributed by atoms with Crippen LogP contribution in [0.1, 0.15) is 34.8 Å². The quantitative estimate of drug-likeness (QED) is 0.496. The van der Waals surface area contributed by atoms with Crippen LogP contribution >= 0.6 is 24.0 Å². The van der Waals surface area contributed by atoms with Crippen molar-refractivity contribution in [2.45, 2.75) is 24.6 Å². The van der Waals surface area contributed by atoms with E-state index < -0.39 is 17.2 Å². The van der Waals surface area contributed by atoms with Gasteiger partial charge in [0, 0.05) is 49.6 Å². The number of aromatic carboxylic acids is 1. The van der Waals surface area contributed by atoms with E-state index in [1.165, 1.54) is 36.2 Å². The van der Waals surface area contributed by atoms with Gasteiger partial charge in [-0.05, 0) is 42.7 Å². The van der Waals surface area contributed by atoms with Gasteiger partial charge >= 0.3 is 5.97 Å². The molecule has 0 atom stereocenters. The molecule has 0 radical (unpaired) electrons. The first-order chi connectivity index (χ1) is 16.8. The minimum Gasteiger partial charge on any atom is -0.477 e. The van der Waals surface area contributed by atoms with E-state index in [4.69, 9.17) is 12.2 Å². The zero-order valence-corrected chi connectivity index (χ0v) is 20.4. The van der Waals surface area contributed by atoms with Crippen LogP contribution in [0.5, 0.6) is 0 Å². The summed E-state index contributed by atoms with van der Waals surface area (Å²) in [6, 6.07) is 9.41. The SMILES string of the molecule is O=C(O)c1cn(C2CC2)c2cc(N3CCN(C(=S)SCc4cccc(F)c4)CC3)c(F)cc2c1=O. The third-order valence-corrected chi connectivity index (χ3v) is 8.00. The Morgan fingerprint density at radius 2 is 1.86 bits per heavy atom. The van der Waals surface area contributed by atoms with Gasteiger partial charge in [-0.15, -0.1) is 0 Å². The fourth-order valence-corrected chi connectivity index (χ4v) is 5.60. The van der Waals surface area contributed by atoms with Gasteiger partial charge in [-0.2, -0.15) is 0 Å². The Bertz CT molecular complexity index is 1380. The fraction of sp³-hybridized carbons (Fsp3) is 0.320. The number of thioether (sulfide) groups is 1. The van der Waals surface area contributed by atoms with E-state index in [-0.39, 0.29) is 22.8 Å². The number of hydrogen-bond donors (Lipinski definition) is 1. The van der Waals surface area contributed by atoms with Gasteiger partial charge in [0.15, 0.2) is 0 Å². The summed E-state index contributed by atoms with van der Waals surface area (Å²) in [6.45, 7) is 2.31. The third kappa shape index (κ3) is 4.90. The Hall–Kier alpha value is -2.98. The highest BCUT2D eigenvalue weighted by atomic mass is 32.2. The van der Waals surface area contributed by atoms with E-state index in [9.17, 15) is 19.1 Å². The molecule has 10 heteroatoms. The summed E-state index contributed by atoms with van der Waals surface area (Å²) in [5.41, 5.74) is 0.812. The lowest BCUT2D eigenvalue weighted by atomic mass is 10.1. The van der Waals surface area contributed by atoms with Crippen molar-refractivity contribution in [3.8, 4) is 0 Å². The first-order valence-electron chi connectivity index (χ1n) is 11.3. The molecule has 1 aromatic heterocycles. The maximum atomic E-state index is 15.2. The topological polar surface area (TPSA) is 65.8 Å². The van der Waals surface area contributed by atoms with Crippen LogP contribution in [-0.4, -0.2) is 51.0 Å². The molecule has 2 fully saturated rings. The molecule has 0 bridgehead atoms. The minimum absolute atomic E-state index is 0.0895. The summed E-state index contributed by atoms with van der Waals surface area (Å²) in [7, 11) is 0. The van der Waals surface area contributed by atoms with E-state index >= 15 is 4.39 Å². The molecule has 1 saturated carbocycles. The summed E-state index contributed by atoms with van der Waals surface area (Å²) in [5.74, 6) is -1.55. The molecule has 0 unspecified atom stereocenters.